The number of nitrogens with zero attached hydrogens (tertiary/aromatic N) is 5. The van der Waals surface area contributed by atoms with Crippen molar-refractivity contribution in [1.82, 2.24) is 24.5 Å². The van der Waals surface area contributed by atoms with Crippen LogP contribution in [-0.4, -0.2) is 24.5 Å². The second-order valence-electron chi connectivity index (χ2n) is 6.69. The van der Waals surface area contributed by atoms with Crippen molar-refractivity contribution in [3.05, 3.63) is 60.0 Å². The van der Waals surface area contributed by atoms with E-state index in [0.717, 1.165) is 24.4 Å². The van der Waals surface area contributed by atoms with Gasteiger partial charge >= 0.3 is 12.4 Å². The summed E-state index contributed by atoms with van der Waals surface area (Å²) >= 11 is 0. The summed E-state index contributed by atoms with van der Waals surface area (Å²) in [6.45, 7) is 2.34. The van der Waals surface area contributed by atoms with Gasteiger partial charge in [0.15, 0.2) is 5.82 Å². The molecule has 0 aliphatic rings. The molecule has 0 unspecified atom stereocenters. The van der Waals surface area contributed by atoms with E-state index in [-0.39, 0.29) is 23.2 Å². The van der Waals surface area contributed by atoms with E-state index < -0.39 is 23.6 Å². The van der Waals surface area contributed by atoms with E-state index in [1.165, 1.54) is 12.1 Å². The Hall–Kier alpha value is -3.70. The molecule has 12 heteroatoms. The number of hydrogen-bond acceptors (Lipinski definition) is 5. The number of pyridine rings is 2. The Labute approximate surface area is 177 Å². The van der Waals surface area contributed by atoms with E-state index in [1.807, 2.05) is 6.92 Å². The van der Waals surface area contributed by atoms with Gasteiger partial charge in [-0.15, -0.1) is 0 Å². The van der Waals surface area contributed by atoms with Gasteiger partial charge in [-0.25, -0.2) is 19.9 Å². The third-order valence-corrected chi connectivity index (χ3v) is 4.56. The highest BCUT2D eigenvalue weighted by atomic mass is 19.4. The van der Waals surface area contributed by atoms with Gasteiger partial charge in [-0.2, -0.15) is 26.3 Å². The molecular formula is C20H14F6N6. The zero-order valence-electron chi connectivity index (χ0n) is 16.3. The lowest BCUT2D eigenvalue weighted by atomic mass is 10.2. The first-order valence-electron chi connectivity index (χ1n) is 9.28. The van der Waals surface area contributed by atoms with Gasteiger partial charge in [-0.3, -0.25) is 0 Å². The minimum absolute atomic E-state index is 0.0863. The summed E-state index contributed by atoms with van der Waals surface area (Å²) in [6, 6.07) is 6.61. The number of alkyl halides is 6. The van der Waals surface area contributed by atoms with Gasteiger partial charge in [0.05, 0.1) is 10.9 Å². The van der Waals surface area contributed by atoms with Crippen molar-refractivity contribution in [3.8, 4) is 11.5 Å². The lowest BCUT2D eigenvalue weighted by Gasteiger charge is -2.12. The predicted molar refractivity (Wildman–Crippen MR) is 104 cm³/mol. The quantitative estimate of drug-likeness (QED) is 0.403. The van der Waals surface area contributed by atoms with Crippen molar-refractivity contribution in [2.75, 3.05) is 5.32 Å². The number of aryl methyl sites for hydroxylation is 1. The molecule has 4 aromatic rings. The summed E-state index contributed by atoms with van der Waals surface area (Å²) in [5, 5.41) is 3.19. The van der Waals surface area contributed by atoms with Crippen LogP contribution >= 0.6 is 0 Å². The number of halogens is 6. The van der Waals surface area contributed by atoms with Gasteiger partial charge in [0.25, 0.3) is 0 Å². The fourth-order valence-corrected chi connectivity index (χ4v) is 3.04. The third kappa shape index (κ3) is 4.20. The van der Waals surface area contributed by atoms with Crippen LogP contribution in [0.25, 0.3) is 22.6 Å². The molecule has 0 amide bonds. The van der Waals surface area contributed by atoms with Crippen molar-refractivity contribution < 1.29 is 26.3 Å². The van der Waals surface area contributed by atoms with Crippen LogP contribution < -0.4 is 5.32 Å². The largest absolute Gasteiger partial charge is 0.433 e. The van der Waals surface area contributed by atoms with Crippen molar-refractivity contribution in [1.29, 1.82) is 0 Å². The first-order chi connectivity index (χ1) is 15.1. The van der Waals surface area contributed by atoms with Crippen LogP contribution in [0.1, 0.15) is 18.2 Å². The molecule has 0 bridgehead atoms. The molecule has 0 aromatic carbocycles. The molecule has 0 aliphatic heterocycles. The minimum Gasteiger partial charge on any atom is -0.333 e. The molecule has 0 atom stereocenters. The molecule has 0 radical (unpaired) electrons. The Morgan fingerprint density at radius 3 is 2.41 bits per heavy atom. The van der Waals surface area contributed by atoms with Crippen LogP contribution in [0, 0.1) is 0 Å². The summed E-state index contributed by atoms with van der Waals surface area (Å²) in [4.78, 5) is 16.1. The van der Waals surface area contributed by atoms with Gasteiger partial charge < -0.3 is 9.88 Å². The van der Waals surface area contributed by atoms with Crippen molar-refractivity contribution in [3.63, 3.8) is 0 Å². The van der Waals surface area contributed by atoms with E-state index in [2.05, 4.69) is 25.3 Å². The second kappa shape index (κ2) is 7.77. The average Bonchev–Trinajstić information content (AvgIpc) is 3.16. The predicted octanol–water partition coefficient (Wildman–Crippen LogP) is 5.69. The molecule has 0 spiro atoms. The number of fused-ring (bicyclic) bond motifs is 1. The summed E-state index contributed by atoms with van der Waals surface area (Å²) in [7, 11) is 0. The molecule has 166 valence electrons. The molecular weight excluding hydrogens is 438 g/mol. The van der Waals surface area contributed by atoms with E-state index in [0.29, 0.717) is 17.6 Å². The lowest BCUT2D eigenvalue weighted by molar-refractivity contribution is -0.141. The Kier molecular flexibility index (Phi) is 5.23. The molecule has 32 heavy (non-hydrogen) atoms. The Morgan fingerprint density at radius 1 is 0.938 bits per heavy atom. The normalized spacial score (nSPS) is 12.3. The molecule has 0 saturated heterocycles. The first kappa shape index (κ1) is 21.5. The van der Waals surface area contributed by atoms with Crippen LogP contribution in [-0.2, 0) is 18.9 Å². The van der Waals surface area contributed by atoms with Crippen molar-refractivity contribution >= 4 is 22.7 Å². The number of aromatic nitrogens is 5. The maximum absolute atomic E-state index is 13.1. The van der Waals surface area contributed by atoms with Gasteiger partial charge in [-0.1, -0.05) is 6.07 Å². The number of hydrogen-bond donors (Lipinski definition) is 1. The Bertz CT molecular complexity index is 1280. The maximum atomic E-state index is 13.1. The van der Waals surface area contributed by atoms with Gasteiger partial charge in [0.1, 0.15) is 28.7 Å². The third-order valence-electron chi connectivity index (χ3n) is 4.56. The molecule has 0 saturated carbocycles. The Balaban J connectivity index is 1.84. The van der Waals surface area contributed by atoms with Crippen LogP contribution in [0.3, 0.4) is 0 Å². The van der Waals surface area contributed by atoms with Gasteiger partial charge in [0.2, 0.25) is 0 Å². The van der Waals surface area contributed by atoms with Gasteiger partial charge in [-0.05, 0) is 37.3 Å². The monoisotopic (exact) mass is 452 g/mol. The van der Waals surface area contributed by atoms with Crippen LogP contribution in [0.2, 0.25) is 0 Å². The van der Waals surface area contributed by atoms with E-state index in [9.17, 15) is 26.3 Å². The minimum atomic E-state index is -4.66. The molecule has 6 nitrogen and oxygen atoms in total. The highest BCUT2D eigenvalue weighted by Gasteiger charge is 2.33. The van der Waals surface area contributed by atoms with Gasteiger partial charge in [0, 0.05) is 18.9 Å². The highest BCUT2D eigenvalue weighted by Crippen LogP contribution is 2.33. The fraction of sp³-hybridized carbons (Fsp3) is 0.200. The number of nitrogens with one attached hydrogen (secondary N) is 1. The molecule has 4 aromatic heterocycles. The summed E-state index contributed by atoms with van der Waals surface area (Å²) < 4.78 is 80.1. The zero-order valence-corrected chi connectivity index (χ0v) is 16.3. The van der Waals surface area contributed by atoms with Crippen molar-refractivity contribution in [2.45, 2.75) is 25.8 Å². The summed E-state index contributed by atoms with van der Waals surface area (Å²) in [5.41, 5.74) is -1.78. The van der Waals surface area contributed by atoms with E-state index >= 15 is 0 Å². The zero-order chi connectivity index (χ0) is 23.1. The van der Waals surface area contributed by atoms with E-state index in [4.69, 9.17) is 0 Å². The maximum Gasteiger partial charge on any atom is 0.433 e. The van der Waals surface area contributed by atoms with Crippen LogP contribution in [0.4, 0.5) is 38.0 Å². The lowest BCUT2D eigenvalue weighted by Crippen LogP contribution is -2.09. The number of rotatable bonds is 4. The smallest absolute Gasteiger partial charge is 0.333 e. The highest BCUT2D eigenvalue weighted by molar-refractivity contribution is 5.90. The topological polar surface area (TPSA) is 68.5 Å². The second-order valence-corrected chi connectivity index (χ2v) is 6.69. The molecule has 4 rings (SSSR count). The summed E-state index contributed by atoms with van der Waals surface area (Å²) in [5.74, 6) is -0.165. The SMILES string of the molecule is CCn1ccc2c(Nc3cc(C(F)(F)F)ccn3)nc(-c3cccc(C(F)(F)F)n3)nc21. The summed E-state index contributed by atoms with van der Waals surface area (Å²) in [6.07, 6.45) is -6.55. The van der Waals surface area contributed by atoms with Crippen LogP contribution in [0.5, 0.6) is 0 Å². The first-order valence-corrected chi connectivity index (χ1v) is 9.28. The van der Waals surface area contributed by atoms with E-state index in [1.54, 1.807) is 16.8 Å². The standard InChI is InChI=1S/C20H14F6N6/c1-2-32-9-7-12-16(29-15-10-11(6-8-27-15)19(21,22)23)30-17(31-18(12)32)13-4-3-5-14(28-13)20(24,25)26/h3-10H,2H2,1H3,(H,27,29,30,31). The van der Waals surface area contributed by atoms with Crippen molar-refractivity contribution in [2.24, 2.45) is 0 Å². The average molecular weight is 452 g/mol. The Morgan fingerprint density at radius 2 is 1.72 bits per heavy atom. The molecule has 0 fully saturated rings. The fourth-order valence-electron chi connectivity index (χ4n) is 3.04. The molecule has 0 aliphatic carbocycles. The number of anilines is 2. The molecule has 1 N–H and O–H groups in total. The van der Waals surface area contributed by atoms with Crippen LogP contribution in [0.15, 0.2) is 48.8 Å². The molecule has 4 heterocycles.